The number of rotatable bonds is 2. The third kappa shape index (κ3) is 2.81. The Morgan fingerprint density at radius 2 is 1.81 bits per heavy atom. The summed E-state index contributed by atoms with van der Waals surface area (Å²) in [5.41, 5.74) is 4.39. The molecule has 0 aromatic heterocycles. The third-order valence-electron chi connectivity index (χ3n) is 3.41. The summed E-state index contributed by atoms with van der Waals surface area (Å²) in [5, 5.41) is 4.07. The van der Waals surface area contributed by atoms with Crippen molar-refractivity contribution in [3.05, 3.63) is 71.3 Å². The molecular weight excluding hydrogens is 274 g/mol. The molecular formula is C16H12F2N2O. The summed E-state index contributed by atoms with van der Waals surface area (Å²) in [6.07, 6.45) is 0.180. The standard InChI is InChI=1S/C16H12F2N2O/c17-12-6-4-10(5-7-12)16-14(9-15(21)19-20-16)11-2-1-3-13(18)8-11/h1-8,14H,9H2,(H,19,21). The summed E-state index contributed by atoms with van der Waals surface area (Å²) in [5.74, 6) is -1.28. The van der Waals surface area contributed by atoms with E-state index in [4.69, 9.17) is 0 Å². The van der Waals surface area contributed by atoms with E-state index >= 15 is 0 Å². The van der Waals surface area contributed by atoms with Crippen LogP contribution in [0.2, 0.25) is 0 Å². The van der Waals surface area contributed by atoms with E-state index in [1.54, 1.807) is 24.3 Å². The highest BCUT2D eigenvalue weighted by molar-refractivity contribution is 6.08. The molecule has 2 aromatic carbocycles. The molecule has 1 atom stereocenters. The zero-order valence-corrected chi connectivity index (χ0v) is 11.0. The van der Waals surface area contributed by atoms with E-state index < -0.39 is 0 Å². The Morgan fingerprint density at radius 1 is 1.05 bits per heavy atom. The molecule has 1 N–H and O–H groups in total. The molecule has 3 nitrogen and oxygen atoms in total. The lowest BCUT2D eigenvalue weighted by Crippen LogP contribution is -2.32. The van der Waals surface area contributed by atoms with E-state index in [2.05, 4.69) is 10.5 Å². The Balaban J connectivity index is 2.03. The van der Waals surface area contributed by atoms with Crippen molar-refractivity contribution in [2.24, 2.45) is 5.10 Å². The van der Waals surface area contributed by atoms with Gasteiger partial charge >= 0.3 is 0 Å². The zero-order chi connectivity index (χ0) is 14.8. The molecule has 1 aliphatic rings. The minimum atomic E-state index is -0.364. The maximum atomic E-state index is 13.4. The second kappa shape index (κ2) is 5.44. The first kappa shape index (κ1) is 13.4. The van der Waals surface area contributed by atoms with Crippen molar-refractivity contribution in [1.29, 1.82) is 0 Å². The highest BCUT2D eigenvalue weighted by atomic mass is 19.1. The van der Waals surface area contributed by atoms with Gasteiger partial charge in [-0.05, 0) is 35.4 Å². The molecule has 106 valence electrons. The van der Waals surface area contributed by atoms with Crippen molar-refractivity contribution in [1.82, 2.24) is 5.43 Å². The van der Waals surface area contributed by atoms with E-state index in [-0.39, 0.29) is 29.9 Å². The fraction of sp³-hybridized carbons (Fsp3) is 0.125. The van der Waals surface area contributed by atoms with Gasteiger partial charge in [0.05, 0.1) is 5.71 Å². The molecule has 1 heterocycles. The van der Waals surface area contributed by atoms with Crippen LogP contribution in [-0.4, -0.2) is 11.6 Å². The lowest BCUT2D eigenvalue weighted by molar-refractivity contribution is -0.121. The van der Waals surface area contributed by atoms with E-state index in [0.717, 1.165) is 0 Å². The Bertz CT molecular complexity index is 710. The quantitative estimate of drug-likeness (QED) is 0.906. The van der Waals surface area contributed by atoms with Crippen LogP contribution in [0.25, 0.3) is 0 Å². The highest BCUT2D eigenvalue weighted by Crippen LogP contribution is 2.28. The van der Waals surface area contributed by atoms with Gasteiger partial charge in [-0.3, -0.25) is 4.79 Å². The van der Waals surface area contributed by atoms with Crippen LogP contribution in [0, 0.1) is 11.6 Å². The number of hydrazone groups is 1. The number of hydrogen-bond donors (Lipinski definition) is 1. The minimum absolute atomic E-state index is 0.180. The Labute approximate surface area is 120 Å². The normalized spacial score (nSPS) is 18.1. The number of carbonyl (C=O) groups is 1. The molecule has 0 saturated heterocycles. The minimum Gasteiger partial charge on any atom is -0.273 e. The van der Waals surface area contributed by atoms with E-state index in [0.29, 0.717) is 16.8 Å². The van der Waals surface area contributed by atoms with Crippen molar-refractivity contribution in [3.63, 3.8) is 0 Å². The molecule has 2 aromatic rings. The maximum Gasteiger partial charge on any atom is 0.241 e. The summed E-state index contributed by atoms with van der Waals surface area (Å²) in [6, 6.07) is 11.9. The van der Waals surface area contributed by atoms with Crippen LogP contribution in [0.5, 0.6) is 0 Å². The predicted molar refractivity (Wildman–Crippen MR) is 74.8 cm³/mol. The van der Waals surface area contributed by atoms with Crippen molar-refractivity contribution >= 4 is 11.6 Å². The van der Waals surface area contributed by atoms with Gasteiger partial charge in [0.15, 0.2) is 0 Å². The molecule has 1 amide bonds. The third-order valence-corrected chi connectivity index (χ3v) is 3.41. The summed E-state index contributed by atoms with van der Waals surface area (Å²) in [7, 11) is 0. The molecule has 1 aliphatic heterocycles. The van der Waals surface area contributed by atoms with Gasteiger partial charge in [0, 0.05) is 12.3 Å². The Kier molecular flexibility index (Phi) is 3.48. The summed E-state index contributed by atoms with van der Waals surface area (Å²) in [4.78, 5) is 11.6. The van der Waals surface area contributed by atoms with Gasteiger partial charge in [-0.1, -0.05) is 24.3 Å². The van der Waals surface area contributed by atoms with Gasteiger partial charge in [0.2, 0.25) is 5.91 Å². The van der Waals surface area contributed by atoms with Crippen molar-refractivity contribution < 1.29 is 13.6 Å². The summed E-state index contributed by atoms with van der Waals surface area (Å²) >= 11 is 0. The molecule has 0 fully saturated rings. The van der Waals surface area contributed by atoms with Gasteiger partial charge < -0.3 is 0 Å². The smallest absolute Gasteiger partial charge is 0.241 e. The number of halogens is 2. The molecule has 0 radical (unpaired) electrons. The summed E-state index contributed by atoms with van der Waals surface area (Å²) in [6.45, 7) is 0. The topological polar surface area (TPSA) is 41.5 Å². The zero-order valence-electron chi connectivity index (χ0n) is 11.0. The van der Waals surface area contributed by atoms with Gasteiger partial charge in [-0.2, -0.15) is 5.10 Å². The summed E-state index contributed by atoms with van der Waals surface area (Å²) < 4.78 is 26.4. The lowest BCUT2D eigenvalue weighted by atomic mass is 9.86. The molecule has 0 spiro atoms. The van der Waals surface area contributed by atoms with Crippen LogP contribution in [0.3, 0.4) is 0 Å². The molecule has 1 unspecified atom stereocenters. The average molecular weight is 286 g/mol. The molecule has 3 rings (SSSR count). The second-order valence-electron chi connectivity index (χ2n) is 4.85. The van der Waals surface area contributed by atoms with E-state index in [1.807, 2.05) is 0 Å². The van der Waals surface area contributed by atoms with Gasteiger partial charge in [0.1, 0.15) is 11.6 Å². The highest BCUT2D eigenvalue weighted by Gasteiger charge is 2.27. The number of amides is 1. The monoisotopic (exact) mass is 286 g/mol. The van der Waals surface area contributed by atoms with E-state index in [9.17, 15) is 13.6 Å². The molecule has 0 aliphatic carbocycles. The van der Waals surface area contributed by atoms with Crippen LogP contribution < -0.4 is 5.43 Å². The lowest BCUT2D eigenvalue weighted by Gasteiger charge is -2.23. The predicted octanol–water partition coefficient (Wildman–Crippen LogP) is 2.97. The number of benzene rings is 2. The second-order valence-corrected chi connectivity index (χ2v) is 4.85. The van der Waals surface area contributed by atoms with Crippen molar-refractivity contribution in [2.45, 2.75) is 12.3 Å². The molecule has 5 heteroatoms. The number of nitrogens with zero attached hydrogens (tertiary/aromatic N) is 1. The molecule has 0 saturated carbocycles. The van der Waals surface area contributed by atoms with Gasteiger partial charge in [-0.25, -0.2) is 14.2 Å². The first-order chi connectivity index (χ1) is 10.1. The van der Waals surface area contributed by atoms with Crippen LogP contribution >= 0.6 is 0 Å². The SMILES string of the molecule is O=C1CC(c2cccc(F)c2)C(c2ccc(F)cc2)=NN1. The average Bonchev–Trinajstić information content (AvgIpc) is 2.48. The fourth-order valence-electron chi connectivity index (χ4n) is 2.41. The number of carbonyl (C=O) groups excluding carboxylic acids is 1. The van der Waals surface area contributed by atoms with Crippen LogP contribution in [0.4, 0.5) is 8.78 Å². The fourth-order valence-corrected chi connectivity index (χ4v) is 2.41. The number of hydrogen-bond acceptors (Lipinski definition) is 2. The molecule has 0 bridgehead atoms. The van der Waals surface area contributed by atoms with Crippen LogP contribution in [0.1, 0.15) is 23.5 Å². The first-order valence-electron chi connectivity index (χ1n) is 6.51. The molecule has 21 heavy (non-hydrogen) atoms. The van der Waals surface area contributed by atoms with Gasteiger partial charge in [0.25, 0.3) is 0 Å². The maximum absolute atomic E-state index is 13.4. The largest absolute Gasteiger partial charge is 0.273 e. The van der Waals surface area contributed by atoms with Crippen LogP contribution in [-0.2, 0) is 4.79 Å². The van der Waals surface area contributed by atoms with Crippen LogP contribution in [0.15, 0.2) is 53.6 Å². The van der Waals surface area contributed by atoms with Gasteiger partial charge in [-0.15, -0.1) is 0 Å². The first-order valence-corrected chi connectivity index (χ1v) is 6.51. The Morgan fingerprint density at radius 3 is 2.52 bits per heavy atom. The van der Waals surface area contributed by atoms with E-state index in [1.165, 1.54) is 24.3 Å². The van der Waals surface area contributed by atoms with Crippen molar-refractivity contribution in [2.75, 3.05) is 0 Å². The Hall–Kier alpha value is -2.56. The van der Waals surface area contributed by atoms with Crippen molar-refractivity contribution in [3.8, 4) is 0 Å². The number of nitrogens with one attached hydrogen (secondary N) is 1.